The second-order valence-corrected chi connectivity index (χ2v) is 5.92. The van der Waals surface area contributed by atoms with Crippen molar-refractivity contribution in [1.82, 2.24) is 15.5 Å². The number of benzene rings is 2. The first-order valence-corrected chi connectivity index (χ1v) is 8.46. The van der Waals surface area contributed by atoms with E-state index in [1.54, 1.807) is 12.1 Å². The molecule has 3 rings (SSSR count). The standard InChI is InChI=1S/C19H22FN3O2/c20-16-3-7-18(8-4-16)25-17-5-1-15(2-6-17)9-10-22-19(24)23-13-11-21-12-14-23/h1-8,21H,9-14H2,(H,22,24). The number of hydrogen-bond donors (Lipinski definition) is 2. The Morgan fingerprint density at radius 3 is 2.28 bits per heavy atom. The third-order valence-corrected chi connectivity index (χ3v) is 4.07. The normalized spacial score (nSPS) is 14.2. The van der Waals surface area contributed by atoms with Crippen LogP contribution in [-0.4, -0.2) is 43.7 Å². The number of rotatable bonds is 5. The Hall–Kier alpha value is -2.60. The third kappa shape index (κ3) is 5.19. The highest BCUT2D eigenvalue weighted by Gasteiger charge is 2.14. The fraction of sp³-hybridized carbons (Fsp3) is 0.316. The molecule has 1 aliphatic rings. The highest BCUT2D eigenvalue weighted by atomic mass is 19.1. The molecule has 132 valence electrons. The first-order chi connectivity index (χ1) is 12.2. The van der Waals surface area contributed by atoms with Crippen molar-refractivity contribution in [3.8, 4) is 11.5 Å². The zero-order valence-corrected chi connectivity index (χ0v) is 14.0. The van der Waals surface area contributed by atoms with Crippen molar-refractivity contribution < 1.29 is 13.9 Å². The minimum Gasteiger partial charge on any atom is -0.457 e. The zero-order chi connectivity index (χ0) is 17.5. The van der Waals surface area contributed by atoms with Crippen LogP contribution in [0.15, 0.2) is 48.5 Å². The minimum absolute atomic E-state index is 0.00207. The molecule has 0 unspecified atom stereocenters. The lowest BCUT2D eigenvalue weighted by Gasteiger charge is -2.27. The van der Waals surface area contributed by atoms with Crippen LogP contribution in [0.4, 0.5) is 9.18 Å². The molecule has 0 saturated carbocycles. The van der Waals surface area contributed by atoms with Crippen LogP contribution >= 0.6 is 0 Å². The van der Waals surface area contributed by atoms with Crippen molar-refractivity contribution in [3.63, 3.8) is 0 Å². The molecule has 1 heterocycles. The maximum Gasteiger partial charge on any atom is 0.317 e. The van der Waals surface area contributed by atoms with Crippen LogP contribution in [0.1, 0.15) is 5.56 Å². The molecule has 0 spiro atoms. The Labute approximate surface area is 146 Å². The van der Waals surface area contributed by atoms with Crippen LogP contribution in [0.25, 0.3) is 0 Å². The topological polar surface area (TPSA) is 53.6 Å². The summed E-state index contributed by atoms with van der Waals surface area (Å²) in [6, 6.07) is 13.6. The van der Waals surface area contributed by atoms with E-state index < -0.39 is 0 Å². The Bertz CT molecular complexity index is 683. The number of carbonyl (C=O) groups is 1. The van der Waals surface area contributed by atoms with Gasteiger partial charge in [0, 0.05) is 32.7 Å². The summed E-state index contributed by atoms with van der Waals surface area (Å²) in [6.07, 6.45) is 0.759. The van der Waals surface area contributed by atoms with Crippen molar-refractivity contribution in [1.29, 1.82) is 0 Å². The third-order valence-electron chi connectivity index (χ3n) is 4.07. The van der Waals surface area contributed by atoms with E-state index in [1.165, 1.54) is 12.1 Å². The molecule has 0 radical (unpaired) electrons. The van der Waals surface area contributed by atoms with Gasteiger partial charge < -0.3 is 20.3 Å². The molecule has 1 aliphatic heterocycles. The molecular formula is C19H22FN3O2. The van der Waals surface area contributed by atoms with Gasteiger partial charge in [-0.2, -0.15) is 0 Å². The lowest BCUT2D eigenvalue weighted by molar-refractivity contribution is 0.190. The summed E-state index contributed by atoms with van der Waals surface area (Å²) in [5.74, 6) is 1.00. The number of hydrogen-bond acceptors (Lipinski definition) is 3. The van der Waals surface area contributed by atoms with Crippen LogP contribution < -0.4 is 15.4 Å². The van der Waals surface area contributed by atoms with Gasteiger partial charge in [-0.1, -0.05) is 12.1 Å². The number of ether oxygens (including phenoxy) is 1. The Balaban J connectivity index is 1.44. The molecule has 6 heteroatoms. The molecule has 5 nitrogen and oxygen atoms in total. The maximum absolute atomic E-state index is 12.9. The molecule has 2 N–H and O–H groups in total. The maximum atomic E-state index is 12.9. The summed E-state index contributed by atoms with van der Waals surface area (Å²) in [6.45, 7) is 3.80. The van der Waals surface area contributed by atoms with Gasteiger partial charge in [-0.25, -0.2) is 9.18 Å². The highest BCUT2D eigenvalue weighted by molar-refractivity contribution is 5.74. The van der Waals surface area contributed by atoms with Gasteiger partial charge in [-0.15, -0.1) is 0 Å². The molecule has 2 aromatic rings. The predicted molar refractivity (Wildman–Crippen MR) is 94.5 cm³/mol. The summed E-state index contributed by atoms with van der Waals surface area (Å²) < 4.78 is 18.5. The lowest BCUT2D eigenvalue weighted by Crippen LogP contribution is -2.50. The fourth-order valence-electron chi connectivity index (χ4n) is 2.66. The van der Waals surface area contributed by atoms with Crippen molar-refractivity contribution in [2.24, 2.45) is 0 Å². The molecule has 0 aromatic heterocycles. The summed E-state index contributed by atoms with van der Waals surface area (Å²) in [5, 5.41) is 6.18. The van der Waals surface area contributed by atoms with Crippen LogP contribution in [0.3, 0.4) is 0 Å². The van der Waals surface area contributed by atoms with Gasteiger partial charge in [0.05, 0.1) is 0 Å². The monoisotopic (exact) mass is 343 g/mol. The average Bonchev–Trinajstić information content (AvgIpc) is 2.66. The highest BCUT2D eigenvalue weighted by Crippen LogP contribution is 2.21. The Morgan fingerprint density at radius 2 is 1.64 bits per heavy atom. The number of nitrogens with zero attached hydrogens (tertiary/aromatic N) is 1. The van der Waals surface area contributed by atoms with Gasteiger partial charge in [0.1, 0.15) is 17.3 Å². The van der Waals surface area contributed by atoms with E-state index in [2.05, 4.69) is 10.6 Å². The molecule has 25 heavy (non-hydrogen) atoms. The van der Waals surface area contributed by atoms with Gasteiger partial charge in [-0.05, 0) is 48.4 Å². The minimum atomic E-state index is -0.287. The average molecular weight is 343 g/mol. The summed E-state index contributed by atoms with van der Waals surface area (Å²) in [5.41, 5.74) is 1.12. The lowest BCUT2D eigenvalue weighted by atomic mass is 10.1. The Kier molecular flexibility index (Phi) is 5.85. The van der Waals surface area contributed by atoms with E-state index in [-0.39, 0.29) is 11.8 Å². The largest absolute Gasteiger partial charge is 0.457 e. The van der Waals surface area contributed by atoms with Gasteiger partial charge in [0.25, 0.3) is 0 Å². The van der Waals surface area contributed by atoms with E-state index >= 15 is 0 Å². The zero-order valence-electron chi connectivity index (χ0n) is 14.0. The van der Waals surface area contributed by atoms with Gasteiger partial charge in [0.2, 0.25) is 0 Å². The van der Waals surface area contributed by atoms with Gasteiger partial charge in [-0.3, -0.25) is 0 Å². The summed E-state index contributed by atoms with van der Waals surface area (Å²) >= 11 is 0. The van der Waals surface area contributed by atoms with Crippen LogP contribution in [0, 0.1) is 5.82 Å². The fourth-order valence-corrected chi connectivity index (χ4v) is 2.66. The molecule has 0 bridgehead atoms. The van der Waals surface area contributed by atoms with Crippen LogP contribution in [0.5, 0.6) is 11.5 Å². The number of carbonyl (C=O) groups excluding carboxylic acids is 1. The van der Waals surface area contributed by atoms with Crippen molar-refractivity contribution in [2.75, 3.05) is 32.7 Å². The molecule has 0 atom stereocenters. The molecule has 1 fully saturated rings. The second kappa shape index (κ2) is 8.48. The first kappa shape index (κ1) is 17.2. The number of urea groups is 1. The molecule has 1 saturated heterocycles. The van der Waals surface area contributed by atoms with E-state index in [0.717, 1.165) is 38.2 Å². The second-order valence-electron chi connectivity index (χ2n) is 5.92. The first-order valence-electron chi connectivity index (χ1n) is 8.46. The van der Waals surface area contributed by atoms with Gasteiger partial charge in [0.15, 0.2) is 0 Å². The van der Waals surface area contributed by atoms with Crippen molar-refractivity contribution >= 4 is 6.03 Å². The smallest absolute Gasteiger partial charge is 0.317 e. The quantitative estimate of drug-likeness (QED) is 0.878. The summed E-state index contributed by atoms with van der Waals surface area (Å²) in [4.78, 5) is 13.8. The van der Waals surface area contributed by atoms with Crippen molar-refractivity contribution in [2.45, 2.75) is 6.42 Å². The van der Waals surface area contributed by atoms with E-state index in [9.17, 15) is 9.18 Å². The predicted octanol–water partition coefficient (Wildman–Crippen LogP) is 2.78. The molecular weight excluding hydrogens is 321 g/mol. The van der Waals surface area contributed by atoms with E-state index in [4.69, 9.17) is 4.74 Å². The number of halogens is 1. The van der Waals surface area contributed by atoms with Crippen LogP contribution in [-0.2, 0) is 6.42 Å². The van der Waals surface area contributed by atoms with E-state index in [0.29, 0.717) is 18.0 Å². The molecule has 2 amide bonds. The molecule has 0 aliphatic carbocycles. The van der Waals surface area contributed by atoms with E-state index in [1.807, 2.05) is 29.2 Å². The number of amides is 2. The number of nitrogens with one attached hydrogen (secondary N) is 2. The van der Waals surface area contributed by atoms with Crippen LogP contribution in [0.2, 0.25) is 0 Å². The molecule has 2 aromatic carbocycles. The number of piperazine rings is 1. The Morgan fingerprint density at radius 1 is 1.04 bits per heavy atom. The van der Waals surface area contributed by atoms with Gasteiger partial charge >= 0.3 is 6.03 Å². The van der Waals surface area contributed by atoms with Crippen molar-refractivity contribution in [3.05, 3.63) is 59.9 Å². The SMILES string of the molecule is O=C(NCCc1ccc(Oc2ccc(F)cc2)cc1)N1CCNCC1. The summed E-state index contributed by atoms with van der Waals surface area (Å²) in [7, 11) is 0.